The molecule has 2 aromatic rings. The Morgan fingerprint density at radius 3 is 2.89 bits per heavy atom. The van der Waals surface area contributed by atoms with Crippen molar-refractivity contribution >= 4 is 38.3 Å². The van der Waals surface area contributed by atoms with Crippen LogP contribution in [-0.2, 0) is 16.6 Å². The second-order valence-electron chi connectivity index (χ2n) is 3.87. The predicted octanol–water partition coefficient (Wildman–Crippen LogP) is 1.53. The maximum Gasteiger partial charge on any atom is 0.279 e. The molecule has 0 unspecified atom stereocenters. The van der Waals surface area contributed by atoms with Crippen molar-refractivity contribution in [3.8, 4) is 0 Å². The lowest BCUT2D eigenvalue weighted by molar-refractivity contribution is 0.595. The first-order valence-electron chi connectivity index (χ1n) is 5.48. The number of sulfonamides is 1. The van der Waals surface area contributed by atoms with E-state index in [0.29, 0.717) is 17.8 Å². The van der Waals surface area contributed by atoms with Crippen LogP contribution >= 0.6 is 22.6 Å². The van der Waals surface area contributed by atoms with Gasteiger partial charge in [-0.1, -0.05) is 6.07 Å². The van der Waals surface area contributed by atoms with E-state index in [1.165, 1.54) is 6.20 Å². The molecule has 0 spiro atoms. The first kappa shape index (κ1) is 14.3. The van der Waals surface area contributed by atoms with Crippen LogP contribution < -0.4 is 10.0 Å². The molecule has 0 radical (unpaired) electrons. The smallest absolute Gasteiger partial charge is 0.279 e. The lowest BCUT2D eigenvalue weighted by atomic mass is 10.3. The minimum Gasteiger partial charge on any atom is -0.316 e. The van der Waals surface area contributed by atoms with Gasteiger partial charge in [-0.05, 0) is 47.8 Å². The summed E-state index contributed by atoms with van der Waals surface area (Å²) in [6.07, 6.45) is 1.50. The molecule has 0 aliphatic rings. The van der Waals surface area contributed by atoms with Crippen LogP contribution in [0.5, 0.6) is 0 Å². The average molecular weight is 392 g/mol. The topological polar surface area (TPSA) is 86.9 Å². The van der Waals surface area contributed by atoms with Gasteiger partial charge in [0.05, 0.1) is 6.20 Å². The molecule has 19 heavy (non-hydrogen) atoms. The van der Waals surface area contributed by atoms with E-state index in [1.807, 2.05) is 6.07 Å². The van der Waals surface area contributed by atoms with E-state index < -0.39 is 10.0 Å². The van der Waals surface area contributed by atoms with Gasteiger partial charge in [0, 0.05) is 21.4 Å². The van der Waals surface area contributed by atoms with Crippen LogP contribution in [-0.4, -0.2) is 25.7 Å². The van der Waals surface area contributed by atoms with Gasteiger partial charge in [-0.25, -0.2) is 0 Å². The summed E-state index contributed by atoms with van der Waals surface area (Å²) in [5.74, 6) is 0. The Morgan fingerprint density at radius 2 is 2.21 bits per heavy atom. The Balaban J connectivity index is 2.30. The highest BCUT2D eigenvalue weighted by atomic mass is 127. The predicted molar refractivity (Wildman–Crippen MR) is 81.3 cm³/mol. The third-order valence-electron chi connectivity index (χ3n) is 2.39. The quantitative estimate of drug-likeness (QED) is 0.674. The molecule has 8 heteroatoms. The van der Waals surface area contributed by atoms with E-state index >= 15 is 0 Å². The third kappa shape index (κ3) is 3.45. The molecule has 102 valence electrons. The summed E-state index contributed by atoms with van der Waals surface area (Å²) in [6, 6.07) is 7.14. The number of halogens is 1. The zero-order valence-corrected chi connectivity index (χ0v) is 13.1. The van der Waals surface area contributed by atoms with Crippen LogP contribution in [0.4, 0.5) is 5.69 Å². The third-order valence-corrected chi connectivity index (χ3v) is 4.46. The van der Waals surface area contributed by atoms with Crippen molar-refractivity contribution in [3.63, 3.8) is 0 Å². The fourth-order valence-electron chi connectivity index (χ4n) is 1.61. The molecule has 1 aromatic heterocycles. The van der Waals surface area contributed by atoms with Gasteiger partial charge >= 0.3 is 0 Å². The monoisotopic (exact) mass is 392 g/mol. The summed E-state index contributed by atoms with van der Waals surface area (Å²) in [6.45, 7) is 0.430. The van der Waals surface area contributed by atoms with Crippen molar-refractivity contribution in [2.75, 3.05) is 11.8 Å². The fraction of sp³-hybridized carbons (Fsp3) is 0.182. The first-order chi connectivity index (χ1) is 9.03. The Bertz CT molecular complexity index is 669. The Kier molecular flexibility index (Phi) is 4.42. The molecule has 0 aliphatic heterocycles. The van der Waals surface area contributed by atoms with Gasteiger partial charge in [-0.2, -0.15) is 13.5 Å². The summed E-state index contributed by atoms with van der Waals surface area (Å²) in [5.41, 5.74) is 1.12. The van der Waals surface area contributed by atoms with E-state index in [0.717, 1.165) is 3.57 Å². The molecule has 1 aromatic carbocycles. The van der Waals surface area contributed by atoms with Gasteiger partial charge in [-0.3, -0.25) is 9.82 Å². The maximum atomic E-state index is 12.3. The van der Waals surface area contributed by atoms with Crippen LogP contribution in [0, 0.1) is 3.57 Å². The number of anilines is 1. The van der Waals surface area contributed by atoms with E-state index in [4.69, 9.17) is 0 Å². The van der Waals surface area contributed by atoms with E-state index in [9.17, 15) is 8.42 Å². The number of aromatic nitrogens is 2. The number of hydrogen-bond acceptors (Lipinski definition) is 4. The molecule has 0 amide bonds. The van der Waals surface area contributed by atoms with Crippen LogP contribution in [0.15, 0.2) is 35.5 Å². The molecular weight excluding hydrogens is 379 g/mol. The molecule has 0 fully saturated rings. The molecule has 0 aliphatic carbocycles. The molecule has 0 bridgehead atoms. The SMILES string of the molecule is CNCc1cn[nH]c1S(=O)(=O)Nc1cccc(I)c1. The van der Waals surface area contributed by atoms with Gasteiger partial charge in [0.2, 0.25) is 0 Å². The number of H-pyrrole nitrogens is 1. The van der Waals surface area contributed by atoms with Crippen molar-refractivity contribution in [2.24, 2.45) is 0 Å². The highest BCUT2D eigenvalue weighted by Gasteiger charge is 2.20. The summed E-state index contributed by atoms with van der Waals surface area (Å²) >= 11 is 2.13. The van der Waals surface area contributed by atoms with Crippen LogP contribution in [0.25, 0.3) is 0 Å². The minimum absolute atomic E-state index is 0.0840. The average Bonchev–Trinajstić information content (AvgIpc) is 2.78. The normalized spacial score (nSPS) is 11.5. The van der Waals surface area contributed by atoms with Crippen molar-refractivity contribution < 1.29 is 8.42 Å². The molecular formula is C11H13IN4O2S. The van der Waals surface area contributed by atoms with Gasteiger partial charge < -0.3 is 5.32 Å². The minimum atomic E-state index is -3.65. The molecule has 0 saturated heterocycles. The van der Waals surface area contributed by atoms with Crippen LogP contribution in [0.3, 0.4) is 0 Å². The number of nitrogens with one attached hydrogen (secondary N) is 3. The maximum absolute atomic E-state index is 12.3. The summed E-state index contributed by atoms with van der Waals surface area (Å²) in [7, 11) is -1.90. The van der Waals surface area contributed by atoms with Crippen LogP contribution in [0.2, 0.25) is 0 Å². The fourth-order valence-corrected chi connectivity index (χ4v) is 3.33. The Hall–Kier alpha value is -1.13. The number of aromatic amines is 1. The Morgan fingerprint density at radius 1 is 1.42 bits per heavy atom. The van der Waals surface area contributed by atoms with E-state index in [-0.39, 0.29) is 5.03 Å². The Labute approximate surface area is 125 Å². The number of benzene rings is 1. The number of nitrogens with zero attached hydrogens (tertiary/aromatic N) is 1. The zero-order valence-electron chi connectivity index (χ0n) is 10.1. The molecule has 6 nitrogen and oxygen atoms in total. The molecule has 0 saturated carbocycles. The number of hydrogen-bond donors (Lipinski definition) is 3. The summed E-state index contributed by atoms with van der Waals surface area (Å²) in [5, 5.41) is 9.29. The van der Waals surface area contributed by atoms with Gasteiger partial charge in [0.25, 0.3) is 10.0 Å². The molecule has 2 rings (SSSR count). The molecule has 3 N–H and O–H groups in total. The van der Waals surface area contributed by atoms with Gasteiger partial charge in [0.1, 0.15) is 0 Å². The van der Waals surface area contributed by atoms with E-state index in [2.05, 4.69) is 42.8 Å². The lowest BCUT2D eigenvalue weighted by Gasteiger charge is -2.08. The van der Waals surface area contributed by atoms with Crippen LogP contribution in [0.1, 0.15) is 5.56 Å². The molecule has 0 atom stereocenters. The number of rotatable bonds is 5. The second kappa shape index (κ2) is 5.88. The highest BCUT2D eigenvalue weighted by Crippen LogP contribution is 2.19. The van der Waals surface area contributed by atoms with E-state index in [1.54, 1.807) is 25.2 Å². The van der Waals surface area contributed by atoms with Crippen molar-refractivity contribution in [2.45, 2.75) is 11.6 Å². The first-order valence-corrected chi connectivity index (χ1v) is 8.04. The lowest BCUT2D eigenvalue weighted by Crippen LogP contribution is -2.17. The van der Waals surface area contributed by atoms with Crippen molar-refractivity contribution in [1.82, 2.24) is 15.5 Å². The van der Waals surface area contributed by atoms with Gasteiger partial charge in [0.15, 0.2) is 5.03 Å². The van der Waals surface area contributed by atoms with Crippen molar-refractivity contribution in [3.05, 3.63) is 39.6 Å². The van der Waals surface area contributed by atoms with Crippen molar-refractivity contribution in [1.29, 1.82) is 0 Å². The standard InChI is InChI=1S/C11H13IN4O2S/c1-13-6-8-7-14-15-11(8)19(17,18)16-10-4-2-3-9(12)5-10/h2-5,7,13,16H,6H2,1H3,(H,14,15). The zero-order chi connectivity index (χ0) is 13.9. The molecule has 1 heterocycles. The summed E-state index contributed by atoms with van der Waals surface area (Å²) in [4.78, 5) is 0. The second-order valence-corrected chi connectivity index (χ2v) is 6.74. The summed E-state index contributed by atoms with van der Waals surface area (Å²) < 4.78 is 28.0. The largest absolute Gasteiger partial charge is 0.316 e. The highest BCUT2D eigenvalue weighted by molar-refractivity contribution is 14.1. The van der Waals surface area contributed by atoms with Gasteiger partial charge in [-0.15, -0.1) is 0 Å².